The summed E-state index contributed by atoms with van der Waals surface area (Å²) in [5.74, 6) is 1.02. The molecule has 1 aliphatic heterocycles. The molecule has 0 bridgehead atoms. The highest BCUT2D eigenvalue weighted by Crippen LogP contribution is 2.27. The van der Waals surface area contributed by atoms with Crippen LogP contribution in [0, 0.1) is 5.82 Å². The van der Waals surface area contributed by atoms with Gasteiger partial charge in [-0.3, -0.25) is 9.78 Å². The van der Waals surface area contributed by atoms with E-state index in [0.717, 1.165) is 48.5 Å². The summed E-state index contributed by atoms with van der Waals surface area (Å²) in [4.78, 5) is 19.7. The van der Waals surface area contributed by atoms with Crippen LogP contribution in [0.3, 0.4) is 0 Å². The number of ether oxygens (including phenoxy) is 1. The minimum atomic E-state index is -0.203. The van der Waals surface area contributed by atoms with Crippen molar-refractivity contribution in [2.24, 2.45) is 0 Å². The number of hydrogen-bond donors (Lipinski definition) is 0. The van der Waals surface area contributed by atoms with Gasteiger partial charge < -0.3 is 9.64 Å². The first-order valence-corrected chi connectivity index (χ1v) is 11.2. The molecule has 0 aliphatic carbocycles. The Balaban J connectivity index is 1.36. The number of rotatable bonds is 7. The summed E-state index contributed by atoms with van der Waals surface area (Å²) >= 11 is 0. The minimum absolute atomic E-state index is 0.188. The van der Waals surface area contributed by atoms with E-state index in [-0.39, 0.29) is 17.6 Å². The summed E-state index contributed by atoms with van der Waals surface area (Å²) in [7, 11) is 1.65. The molecule has 0 spiro atoms. The lowest BCUT2D eigenvalue weighted by Crippen LogP contribution is -2.39. The van der Waals surface area contributed by atoms with Crippen LogP contribution in [-0.2, 0) is 17.6 Å². The number of carbonyl (C=O) groups is 1. The Hall–Kier alpha value is -3.21. The molecule has 3 aromatic rings. The van der Waals surface area contributed by atoms with Gasteiger partial charge in [-0.1, -0.05) is 36.4 Å². The maximum atomic E-state index is 14.0. The molecule has 1 aliphatic rings. The summed E-state index contributed by atoms with van der Waals surface area (Å²) < 4.78 is 19.2. The fourth-order valence-corrected chi connectivity index (χ4v) is 4.31. The largest absolute Gasteiger partial charge is 0.497 e. The second-order valence-electron chi connectivity index (χ2n) is 8.35. The molecule has 1 unspecified atom stereocenters. The zero-order chi connectivity index (χ0) is 22.3. The van der Waals surface area contributed by atoms with Gasteiger partial charge in [-0.25, -0.2) is 4.39 Å². The van der Waals surface area contributed by atoms with E-state index in [0.29, 0.717) is 24.9 Å². The number of aromatic nitrogens is 1. The van der Waals surface area contributed by atoms with Crippen LogP contribution in [-0.4, -0.2) is 36.0 Å². The second kappa shape index (κ2) is 10.4. The van der Waals surface area contributed by atoms with Crippen molar-refractivity contribution in [3.05, 3.63) is 95.1 Å². The van der Waals surface area contributed by atoms with E-state index >= 15 is 0 Å². The molecule has 1 saturated heterocycles. The van der Waals surface area contributed by atoms with Crippen molar-refractivity contribution in [3.63, 3.8) is 0 Å². The van der Waals surface area contributed by atoms with Crippen molar-refractivity contribution in [1.29, 1.82) is 0 Å². The smallest absolute Gasteiger partial charge is 0.222 e. The summed E-state index contributed by atoms with van der Waals surface area (Å²) in [6.07, 6.45) is 3.68. The average Bonchev–Trinajstić information content (AvgIpc) is 2.84. The average molecular weight is 433 g/mol. The number of pyridine rings is 1. The Morgan fingerprint density at radius 2 is 1.91 bits per heavy atom. The first-order valence-electron chi connectivity index (χ1n) is 11.2. The Morgan fingerprint density at radius 1 is 1.09 bits per heavy atom. The number of methoxy groups -OCH3 is 1. The minimum Gasteiger partial charge on any atom is -0.497 e. The molecular formula is C27H29FN2O2. The summed E-state index contributed by atoms with van der Waals surface area (Å²) in [5, 5.41) is 0. The Bertz CT molecular complexity index is 1050. The SMILES string of the molecule is COc1ccc(CCC(=O)N2CCCC(c3cccc(Cc4ccccc4F)n3)C2)cc1. The van der Waals surface area contributed by atoms with E-state index in [1.807, 2.05) is 53.4 Å². The molecule has 1 fully saturated rings. The van der Waals surface area contributed by atoms with Crippen molar-refractivity contribution < 1.29 is 13.9 Å². The van der Waals surface area contributed by atoms with Crippen LogP contribution in [0.5, 0.6) is 5.75 Å². The molecule has 5 heteroatoms. The zero-order valence-corrected chi connectivity index (χ0v) is 18.5. The van der Waals surface area contributed by atoms with Gasteiger partial charge in [0.25, 0.3) is 0 Å². The summed E-state index contributed by atoms with van der Waals surface area (Å²) in [5.41, 5.74) is 3.63. The molecular weight excluding hydrogens is 403 g/mol. The highest BCUT2D eigenvalue weighted by molar-refractivity contribution is 5.76. The van der Waals surface area contributed by atoms with Crippen molar-refractivity contribution in [3.8, 4) is 5.75 Å². The quantitative estimate of drug-likeness (QED) is 0.518. The lowest BCUT2D eigenvalue weighted by atomic mass is 9.93. The van der Waals surface area contributed by atoms with Crippen LogP contribution in [0.4, 0.5) is 4.39 Å². The van der Waals surface area contributed by atoms with Gasteiger partial charge in [-0.15, -0.1) is 0 Å². The van der Waals surface area contributed by atoms with E-state index in [2.05, 4.69) is 0 Å². The molecule has 0 N–H and O–H groups in total. The third-order valence-electron chi connectivity index (χ3n) is 6.14. The second-order valence-corrected chi connectivity index (χ2v) is 8.35. The molecule has 0 saturated carbocycles. The normalized spacial score (nSPS) is 16.1. The number of hydrogen-bond acceptors (Lipinski definition) is 3. The van der Waals surface area contributed by atoms with Crippen LogP contribution in [0.25, 0.3) is 0 Å². The number of halogens is 1. The van der Waals surface area contributed by atoms with Crippen molar-refractivity contribution in [1.82, 2.24) is 9.88 Å². The first kappa shape index (κ1) is 22.0. The van der Waals surface area contributed by atoms with Crippen LogP contribution in [0.2, 0.25) is 0 Å². The molecule has 2 heterocycles. The molecule has 4 rings (SSSR count). The van der Waals surface area contributed by atoms with Gasteiger partial charge >= 0.3 is 0 Å². The van der Waals surface area contributed by atoms with Gasteiger partial charge in [0.1, 0.15) is 11.6 Å². The molecule has 4 nitrogen and oxygen atoms in total. The van der Waals surface area contributed by atoms with Gasteiger partial charge in [-0.2, -0.15) is 0 Å². The molecule has 166 valence electrons. The van der Waals surface area contributed by atoms with Gasteiger partial charge in [-0.05, 0) is 60.7 Å². The lowest BCUT2D eigenvalue weighted by Gasteiger charge is -2.32. The fraction of sp³-hybridized carbons (Fsp3) is 0.333. The van der Waals surface area contributed by atoms with E-state index in [4.69, 9.17) is 9.72 Å². The number of piperidine rings is 1. The lowest BCUT2D eigenvalue weighted by molar-refractivity contribution is -0.132. The molecule has 2 aromatic carbocycles. The maximum Gasteiger partial charge on any atom is 0.222 e. The highest BCUT2D eigenvalue weighted by atomic mass is 19.1. The summed E-state index contributed by atoms with van der Waals surface area (Å²) in [6.45, 7) is 1.49. The Morgan fingerprint density at radius 3 is 2.69 bits per heavy atom. The van der Waals surface area contributed by atoms with Crippen LogP contribution >= 0.6 is 0 Å². The maximum absolute atomic E-state index is 14.0. The number of amides is 1. The molecule has 1 aromatic heterocycles. The number of nitrogens with zero attached hydrogens (tertiary/aromatic N) is 2. The predicted octanol–water partition coefficient (Wildman–Crippen LogP) is 5.16. The van der Waals surface area contributed by atoms with Crippen molar-refractivity contribution >= 4 is 5.91 Å². The van der Waals surface area contributed by atoms with Crippen molar-refractivity contribution in [2.75, 3.05) is 20.2 Å². The number of aryl methyl sites for hydroxylation is 1. The van der Waals surface area contributed by atoms with Gasteiger partial charge in [0.15, 0.2) is 0 Å². The highest BCUT2D eigenvalue weighted by Gasteiger charge is 2.25. The van der Waals surface area contributed by atoms with E-state index < -0.39 is 0 Å². The molecule has 1 amide bonds. The van der Waals surface area contributed by atoms with E-state index in [9.17, 15) is 9.18 Å². The number of carbonyl (C=O) groups excluding carboxylic acids is 1. The van der Waals surface area contributed by atoms with Gasteiger partial charge in [0.2, 0.25) is 5.91 Å². The summed E-state index contributed by atoms with van der Waals surface area (Å²) in [6, 6.07) is 20.7. The third kappa shape index (κ3) is 5.52. The number of benzene rings is 2. The van der Waals surface area contributed by atoms with Gasteiger partial charge in [0.05, 0.1) is 7.11 Å². The standard InChI is InChI=1S/C27H29FN2O2/c1-32-24-14-11-20(12-15-24)13-16-27(31)30-17-5-7-22(19-30)26-10-4-8-23(29-26)18-21-6-2-3-9-25(21)28/h2-4,6,8-12,14-15,22H,5,7,13,16-19H2,1H3. The van der Waals surface area contributed by atoms with Crippen molar-refractivity contribution in [2.45, 2.75) is 38.0 Å². The van der Waals surface area contributed by atoms with E-state index in [1.54, 1.807) is 19.2 Å². The first-order chi connectivity index (χ1) is 15.6. The third-order valence-corrected chi connectivity index (χ3v) is 6.14. The Labute approximate surface area is 189 Å². The van der Waals surface area contributed by atoms with Crippen LogP contribution < -0.4 is 4.74 Å². The molecule has 1 atom stereocenters. The zero-order valence-electron chi connectivity index (χ0n) is 18.5. The predicted molar refractivity (Wildman–Crippen MR) is 123 cm³/mol. The van der Waals surface area contributed by atoms with Crippen LogP contribution in [0.15, 0.2) is 66.7 Å². The number of likely N-dealkylation sites (tertiary alicyclic amines) is 1. The van der Waals surface area contributed by atoms with Crippen LogP contribution in [0.1, 0.15) is 47.7 Å². The monoisotopic (exact) mass is 432 g/mol. The Kier molecular flexibility index (Phi) is 7.15. The van der Waals surface area contributed by atoms with E-state index in [1.165, 1.54) is 6.07 Å². The molecule has 32 heavy (non-hydrogen) atoms. The molecule has 0 radical (unpaired) electrons. The topological polar surface area (TPSA) is 42.4 Å². The fourth-order valence-electron chi connectivity index (χ4n) is 4.31. The van der Waals surface area contributed by atoms with Gasteiger partial charge in [0, 0.05) is 43.2 Å².